The molecule has 0 unspecified atom stereocenters. The molecule has 1 N–H and O–H groups in total. The molecule has 2 aliphatic heterocycles. The summed E-state index contributed by atoms with van der Waals surface area (Å²) >= 11 is 0. The van der Waals surface area contributed by atoms with Gasteiger partial charge in [-0.05, 0) is 43.0 Å². The van der Waals surface area contributed by atoms with Crippen molar-refractivity contribution in [3.05, 3.63) is 64.7 Å². The van der Waals surface area contributed by atoms with Crippen LogP contribution in [-0.2, 0) is 22.4 Å². The Labute approximate surface area is 194 Å². The van der Waals surface area contributed by atoms with Crippen molar-refractivity contribution in [2.45, 2.75) is 31.7 Å². The van der Waals surface area contributed by atoms with Crippen LogP contribution in [0.15, 0.2) is 42.5 Å². The molecule has 1 fully saturated rings. The van der Waals surface area contributed by atoms with E-state index in [1.807, 2.05) is 43.3 Å². The highest BCUT2D eigenvalue weighted by atomic mass is 16.5. The van der Waals surface area contributed by atoms with Crippen molar-refractivity contribution >= 4 is 17.7 Å². The van der Waals surface area contributed by atoms with Crippen molar-refractivity contribution in [1.29, 1.82) is 0 Å². The topological polar surface area (TPSA) is 79.0 Å². The summed E-state index contributed by atoms with van der Waals surface area (Å²) in [6.45, 7) is 2.62. The van der Waals surface area contributed by atoms with Gasteiger partial charge in [0, 0.05) is 32.7 Å². The maximum Gasteiger partial charge on any atom is 0.252 e. The zero-order chi connectivity index (χ0) is 23.8. The van der Waals surface area contributed by atoms with Crippen molar-refractivity contribution in [1.82, 2.24) is 15.1 Å². The first kappa shape index (κ1) is 22.8. The third kappa shape index (κ3) is 4.45. The normalized spacial score (nSPS) is 21.9. The van der Waals surface area contributed by atoms with Crippen molar-refractivity contribution in [3.8, 4) is 5.75 Å². The third-order valence-corrected chi connectivity index (χ3v) is 6.88. The van der Waals surface area contributed by atoms with Gasteiger partial charge in [-0.15, -0.1) is 0 Å². The number of carbonyl (C=O) groups is 3. The lowest BCUT2D eigenvalue weighted by Gasteiger charge is -2.34. The Bertz CT molecular complexity index is 1080. The largest absolute Gasteiger partial charge is 0.497 e. The second-order valence-corrected chi connectivity index (χ2v) is 9.36. The minimum absolute atomic E-state index is 0.0371. The smallest absolute Gasteiger partial charge is 0.252 e. The van der Waals surface area contributed by atoms with E-state index in [1.165, 1.54) is 0 Å². The van der Waals surface area contributed by atoms with Gasteiger partial charge in [-0.3, -0.25) is 14.4 Å². The summed E-state index contributed by atoms with van der Waals surface area (Å²) in [4.78, 5) is 43.0. The van der Waals surface area contributed by atoms with E-state index in [9.17, 15) is 14.4 Å². The predicted octanol–water partition coefficient (Wildman–Crippen LogP) is 2.21. The first-order valence-corrected chi connectivity index (χ1v) is 11.3. The molecular formula is C26H31N3O4. The van der Waals surface area contributed by atoms with Crippen molar-refractivity contribution in [3.63, 3.8) is 0 Å². The SMILES string of the molecule is COc1ccc2c(c1)C(=O)N[C@@]1(CC2)CN(C(=O)Cc2ccc(C)cc2)C[C@@H]1C(=O)N(C)C. The Hall–Kier alpha value is -3.35. The molecule has 1 spiro atoms. The highest BCUT2D eigenvalue weighted by Gasteiger charge is 2.53. The number of likely N-dealkylation sites (tertiary alicyclic amines) is 1. The number of nitrogens with zero attached hydrogens (tertiary/aromatic N) is 2. The standard InChI is InChI=1S/C26H31N3O4/c1-17-5-7-18(8-6-17)13-23(30)29-15-22(25(32)28(2)3)26(16-29)12-11-19-9-10-20(33-4)14-21(19)24(31)27-26/h5-10,14,22H,11-13,15-16H2,1-4H3,(H,27,31)/t22-,26+/m1/s1. The number of ether oxygens (including phenoxy) is 1. The number of rotatable bonds is 4. The van der Waals surface area contributed by atoms with E-state index in [0.29, 0.717) is 37.2 Å². The predicted molar refractivity (Wildman–Crippen MR) is 125 cm³/mol. The van der Waals surface area contributed by atoms with Crippen LogP contribution >= 0.6 is 0 Å². The van der Waals surface area contributed by atoms with Gasteiger partial charge in [-0.1, -0.05) is 35.9 Å². The Kier molecular flexibility index (Phi) is 6.15. The van der Waals surface area contributed by atoms with Gasteiger partial charge in [0.25, 0.3) is 5.91 Å². The van der Waals surface area contributed by atoms with Gasteiger partial charge in [0.15, 0.2) is 0 Å². The van der Waals surface area contributed by atoms with Crippen LogP contribution in [0.4, 0.5) is 0 Å². The summed E-state index contributed by atoms with van der Waals surface area (Å²) < 4.78 is 5.30. The van der Waals surface area contributed by atoms with E-state index in [-0.39, 0.29) is 24.1 Å². The first-order valence-electron chi connectivity index (χ1n) is 11.3. The number of fused-ring (bicyclic) bond motifs is 1. The van der Waals surface area contributed by atoms with Crippen molar-refractivity contribution in [2.75, 3.05) is 34.3 Å². The molecule has 2 aromatic rings. The summed E-state index contributed by atoms with van der Waals surface area (Å²) in [7, 11) is 4.99. The molecule has 0 aliphatic carbocycles. The number of methoxy groups -OCH3 is 1. The van der Waals surface area contributed by atoms with Crippen LogP contribution in [-0.4, -0.2) is 67.4 Å². The van der Waals surface area contributed by atoms with Gasteiger partial charge in [0.1, 0.15) is 5.75 Å². The van der Waals surface area contributed by atoms with Gasteiger partial charge in [-0.25, -0.2) is 0 Å². The molecular weight excluding hydrogens is 418 g/mol. The lowest BCUT2D eigenvalue weighted by molar-refractivity contribution is -0.134. The molecule has 2 atom stereocenters. The number of hydrogen-bond donors (Lipinski definition) is 1. The number of benzene rings is 2. The minimum Gasteiger partial charge on any atom is -0.497 e. The average molecular weight is 450 g/mol. The number of amides is 3. The van der Waals surface area contributed by atoms with Gasteiger partial charge >= 0.3 is 0 Å². The zero-order valence-electron chi connectivity index (χ0n) is 19.7. The Morgan fingerprint density at radius 3 is 2.58 bits per heavy atom. The molecule has 0 saturated carbocycles. The second-order valence-electron chi connectivity index (χ2n) is 9.36. The Morgan fingerprint density at radius 1 is 1.18 bits per heavy atom. The molecule has 0 bridgehead atoms. The summed E-state index contributed by atoms with van der Waals surface area (Å²) in [6.07, 6.45) is 1.48. The molecule has 2 heterocycles. The molecule has 33 heavy (non-hydrogen) atoms. The number of carbonyl (C=O) groups excluding carboxylic acids is 3. The molecule has 1 saturated heterocycles. The fourth-order valence-corrected chi connectivity index (χ4v) is 4.92. The van der Waals surface area contributed by atoms with Crippen LogP contribution in [0.1, 0.15) is 33.5 Å². The Balaban J connectivity index is 1.62. The van der Waals surface area contributed by atoms with Crippen LogP contribution in [0, 0.1) is 12.8 Å². The third-order valence-electron chi connectivity index (χ3n) is 6.88. The highest BCUT2D eigenvalue weighted by Crippen LogP contribution is 2.37. The average Bonchev–Trinajstić information content (AvgIpc) is 3.10. The number of hydrogen-bond acceptors (Lipinski definition) is 4. The molecule has 7 heteroatoms. The van der Waals surface area contributed by atoms with E-state index < -0.39 is 11.5 Å². The fraction of sp³-hybridized carbons (Fsp3) is 0.423. The monoisotopic (exact) mass is 449 g/mol. The maximum atomic E-state index is 13.3. The maximum absolute atomic E-state index is 13.3. The molecule has 0 aromatic heterocycles. The lowest BCUT2D eigenvalue weighted by atomic mass is 9.81. The molecule has 3 amide bonds. The lowest BCUT2D eigenvalue weighted by Crippen LogP contribution is -2.57. The van der Waals surface area contributed by atoms with Crippen LogP contribution < -0.4 is 10.1 Å². The molecule has 2 aliphatic rings. The van der Waals surface area contributed by atoms with Crippen LogP contribution in [0.2, 0.25) is 0 Å². The van der Waals surface area contributed by atoms with E-state index in [0.717, 1.165) is 16.7 Å². The van der Waals surface area contributed by atoms with E-state index in [1.54, 1.807) is 37.1 Å². The van der Waals surface area contributed by atoms with Gasteiger partial charge in [0.2, 0.25) is 11.8 Å². The van der Waals surface area contributed by atoms with Crippen LogP contribution in [0.5, 0.6) is 5.75 Å². The number of nitrogens with one attached hydrogen (secondary N) is 1. The zero-order valence-corrected chi connectivity index (χ0v) is 19.7. The van der Waals surface area contributed by atoms with Gasteiger partial charge < -0.3 is 19.9 Å². The summed E-state index contributed by atoms with van der Waals surface area (Å²) in [5.74, 6) is -0.239. The summed E-state index contributed by atoms with van der Waals surface area (Å²) in [5, 5.41) is 3.17. The van der Waals surface area contributed by atoms with E-state index in [4.69, 9.17) is 4.74 Å². The fourth-order valence-electron chi connectivity index (χ4n) is 4.92. The van der Waals surface area contributed by atoms with E-state index >= 15 is 0 Å². The quantitative estimate of drug-likeness (QED) is 0.776. The van der Waals surface area contributed by atoms with Crippen molar-refractivity contribution < 1.29 is 19.1 Å². The summed E-state index contributed by atoms with van der Waals surface area (Å²) in [6, 6.07) is 13.4. The van der Waals surface area contributed by atoms with Crippen molar-refractivity contribution in [2.24, 2.45) is 5.92 Å². The molecule has 4 rings (SSSR count). The van der Waals surface area contributed by atoms with Crippen LogP contribution in [0.3, 0.4) is 0 Å². The molecule has 0 radical (unpaired) electrons. The molecule has 174 valence electrons. The molecule has 2 aromatic carbocycles. The first-order chi connectivity index (χ1) is 15.7. The molecule has 7 nitrogen and oxygen atoms in total. The van der Waals surface area contributed by atoms with Crippen LogP contribution in [0.25, 0.3) is 0 Å². The minimum atomic E-state index is -0.812. The van der Waals surface area contributed by atoms with Gasteiger partial charge in [-0.2, -0.15) is 0 Å². The highest BCUT2D eigenvalue weighted by molar-refractivity contribution is 5.98. The Morgan fingerprint density at radius 2 is 1.91 bits per heavy atom. The summed E-state index contributed by atoms with van der Waals surface area (Å²) in [5.41, 5.74) is 2.75. The second kappa shape index (κ2) is 8.89. The van der Waals surface area contributed by atoms with E-state index in [2.05, 4.69) is 5.32 Å². The van der Waals surface area contributed by atoms with Gasteiger partial charge in [0.05, 0.1) is 25.0 Å². The number of aryl methyl sites for hydroxylation is 2.